The van der Waals surface area contributed by atoms with Gasteiger partial charge in [0.05, 0.1) is 16.3 Å². The van der Waals surface area contributed by atoms with E-state index in [1.807, 2.05) is 19.0 Å². The molecular formula is C26H30N6O4. The van der Waals surface area contributed by atoms with Gasteiger partial charge in [-0.05, 0) is 69.0 Å². The Bertz CT molecular complexity index is 1200. The van der Waals surface area contributed by atoms with Crippen molar-refractivity contribution in [1.82, 2.24) is 9.80 Å². The first-order valence-corrected chi connectivity index (χ1v) is 11.4. The Labute approximate surface area is 209 Å². The molecule has 3 aromatic carbocycles. The quantitative estimate of drug-likeness (QED) is 0.219. The smallest absolute Gasteiger partial charge is 0.322 e. The third kappa shape index (κ3) is 7.54. The SMILES string of the molecule is CN(C)CCCN(Cc1ccc(C(=O)Nc2ccccc2N)cc1)C(=O)Nc1ccc([N+](=O)[O-])cc1. The monoisotopic (exact) mass is 490 g/mol. The van der Waals surface area contributed by atoms with Crippen LogP contribution in [0.15, 0.2) is 72.8 Å². The number of rotatable bonds is 10. The molecule has 0 saturated heterocycles. The van der Waals surface area contributed by atoms with Crippen LogP contribution < -0.4 is 16.4 Å². The highest BCUT2D eigenvalue weighted by Gasteiger charge is 2.16. The van der Waals surface area contributed by atoms with Gasteiger partial charge in [0.1, 0.15) is 0 Å². The molecule has 0 spiro atoms. The van der Waals surface area contributed by atoms with E-state index in [1.54, 1.807) is 53.4 Å². The molecule has 4 N–H and O–H groups in total. The first kappa shape index (κ1) is 26.2. The fourth-order valence-corrected chi connectivity index (χ4v) is 3.49. The van der Waals surface area contributed by atoms with E-state index in [-0.39, 0.29) is 17.6 Å². The molecule has 0 aliphatic heterocycles. The van der Waals surface area contributed by atoms with Gasteiger partial charge in [0.2, 0.25) is 0 Å². The summed E-state index contributed by atoms with van der Waals surface area (Å²) in [6.07, 6.45) is 0.764. The van der Waals surface area contributed by atoms with Gasteiger partial charge in [-0.3, -0.25) is 14.9 Å². The van der Waals surface area contributed by atoms with Crippen molar-refractivity contribution in [3.63, 3.8) is 0 Å². The fourth-order valence-electron chi connectivity index (χ4n) is 3.49. The van der Waals surface area contributed by atoms with Gasteiger partial charge in [-0.2, -0.15) is 0 Å². The number of hydrogen-bond acceptors (Lipinski definition) is 6. The van der Waals surface area contributed by atoms with Crippen LogP contribution in [0.4, 0.5) is 27.5 Å². The summed E-state index contributed by atoms with van der Waals surface area (Å²) in [5.74, 6) is -0.279. The van der Waals surface area contributed by atoms with Gasteiger partial charge in [-0.15, -0.1) is 0 Å². The summed E-state index contributed by atoms with van der Waals surface area (Å²) in [7, 11) is 3.93. The fraction of sp³-hybridized carbons (Fsp3) is 0.231. The summed E-state index contributed by atoms with van der Waals surface area (Å²) in [5, 5.41) is 16.5. The standard InChI is InChI=1S/C26H30N6O4/c1-30(2)16-5-17-31(26(34)28-21-12-14-22(15-13-21)32(35)36)18-19-8-10-20(11-9-19)25(33)29-24-7-4-3-6-23(24)27/h3-4,6-15H,5,16-18,27H2,1-2H3,(H,28,34)(H,29,33). The third-order valence-electron chi connectivity index (χ3n) is 5.45. The van der Waals surface area contributed by atoms with Crippen LogP contribution in [-0.4, -0.2) is 53.8 Å². The normalized spacial score (nSPS) is 10.6. The number of carbonyl (C=O) groups is 2. The maximum Gasteiger partial charge on any atom is 0.322 e. The Hall–Kier alpha value is -4.44. The molecule has 0 aromatic heterocycles. The van der Waals surface area contributed by atoms with E-state index in [1.165, 1.54) is 24.3 Å². The number of hydrogen-bond donors (Lipinski definition) is 3. The molecule has 0 saturated carbocycles. The molecule has 0 unspecified atom stereocenters. The summed E-state index contributed by atoms with van der Waals surface area (Å²) < 4.78 is 0. The minimum absolute atomic E-state index is 0.0464. The molecular weight excluding hydrogens is 460 g/mol. The molecule has 10 heteroatoms. The largest absolute Gasteiger partial charge is 0.397 e. The maximum atomic E-state index is 13.0. The Kier molecular flexibility index (Phi) is 8.95. The van der Waals surface area contributed by atoms with E-state index in [4.69, 9.17) is 5.73 Å². The molecule has 0 aliphatic rings. The van der Waals surface area contributed by atoms with Gasteiger partial charge in [-0.1, -0.05) is 24.3 Å². The van der Waals surface area contributed by atoms with Crippen LogP contribution in [0.3, 0.4) is 0 Å². The minimum Gasteiger partial charge on any atom is -0.397 e. The minimum atomic E-state index is -0.488. The summed E-state index contributed by atoms with van der Waals surface area (Å²) in [4.78, 5) is 39.7. The Balaban J connectivity index is 1.67. The van der Waals surface area contributed by atoms with Gasteiger partial charge in [-0.25, -0.2) is 4.79 Å². The number of nitrogen functional groups attached to an aromatic ring is 1. The molecule has 0 aliphatic carbocycles. The van der Waals surface area contributed by atoms with Gasteiger partial charge in [0.15, 0.2) is 0 Å². The topological polar surface area (TPSA) is 134 Å². The van der Waals surface area contributed by atoms with Gasteiger partial charge < -0.3 is 26.2 Å². The number of para-hydroxylation sites is 2. The number of urea groups is 1. The highest BCUT2D eigenvalue weighted by atomic mass is 16.6. The van der Waals surface area contributed by atoms with Gasteiger partial charge in [0.25, 0.3) is 11.6 Å². The number of benzene rings is 3. The second-order valence-corrected chi connectivity index (χ2v) is 8.55. The predicted molar refractivity (Wildman–Crippen MR) is 141 cm³/mol. The number of nitrogens with zero attached hydrogens (tertiary/aromatic N) is 3. The lowest BCUT2D eigenvalue weighted by Crippen LogP contribution is -2.36. The van der Waals surface area contributed by atoms with Crippen molar-refractivity contribution in [3.8, 4) is 0 Å². The summed E-state index contributed by atoms with van der Waals surface area (Å²) in [6.45, 7) is 1.65. The molecule has 0 radical (unpaired) electrons. The molecule has 10 nitrogen and oxygen atoms in total. The highest BCUT2D eigenvalue weighted by molar-refractivity contribution is 6.05. The van der Waals surface area contributed by atoms with Crippen LogP contribution in [0, 0.1) is 10.1 Å². The van der Waals surface area contributed by atoms with E-state index in [2.05, 4.69) is 10.6 Å². The molecule has 36 heavy (non-hydrogen) atoms. The first-order chi connectivity index (χ1) is 17.2. The zero-order valence-corrected chi connectivity index (χ0v) is 20.3. The number of anilines is 3. The molecule has 0 bridgehead atoms. The lowest BCUT2D eigenvalue weighted by atomic mass is 10.1. The van der Waals surface area contributed by atoms with Gasteiger partial charge >= 0.3 is 6.03 Å². The number of non-ortho nitro benzene ring substituents is 1. The van der Waals surface area contributed by atoms with E-state index in [0.29, 0.717) is 35.7 Å². The van der Waals surface area contributed by atoms with E-state index >= 15 is 0 Å². The van der Waals surface area contributed by atoms with Crippen LogP contribution in [-0.2, 0) is 6.54 Å². The van der Waals surface area contributed by atoms with E-state index < -0.39 is 4.92 Å². The molecule has 3 rings (SSSR count). The Morgan fingerprint density at radius 1 is 0.917 bits per heavy atom. The Morgan fingerprint density at radius 3 is 2.19 bits per heavy atom. The van der Waals surface area contributed by atoms with Crippen molar-refractivity contribution in [2.75, 3.05) is 43.6 Å². The Morgan fingerprint density at radius 2 is 1.58 bits per heavy atom. The zero-order valence-electron chi connectivity index (χ0n) is 20.3. The first-order valence-electron chi connectivity index (χ1n) is 11.4. The van der Waals surface area contributed by atoms with Crippen molar-refractivity contribution in [2.24, 2.45) is 0 Å². The zero-order chi connectivity index (χ0) is 26.1. The van der Waals surface area contributed by atoms with E-state index in [0.717, 1.165) is 18.5 Å². The number of amides is 3. The van der Waals surface area contributed by atoms with Crippen molar-refractivity contribution in [1.29, 1.82) is 0 Å². The molecule has 3 aromatic rings. The van der Waals surface area contributed by atoms with Crippen LogP contribution >= 0.6 is 0 Å². The van der Waals surface area contributed by atoms with Gasteiger partial charge in [0, 0.05) is 36.5 Å². The van der Waals surface area contributed by atoms with Crippen molar-refractivity contribution >= 4 is 34.7 Å². The predicted octanol–water partition coefficient (Wildman–Crippen LogP) is 4.42. The summed E-state index contributed by atoms with van der Waals surface area (Å²) >= 11 is 0. The van der Waals surface area contributed by atoms with Crippen LogP contribution in [0.2, 0.25) is 0 Å². The molecule has 3 amide bonds. The molecule has 0 atom stereocenters. The second kappa shape index (κ2) is 12.3. The van der Waals surface area contributed by atoms with Crippen LogP contribution in [0.25, 0.3) is 0 Å². The number of carbonyl (C=O) groups excluding carboxylic acids is 2. The number of nitrogens with one attached hydrogen (secondary N) is 2. The van der Waals surface area contributed by atoms with Crippen molar-refractivity contribution < 1.29 is 14.5 Å². The maximum absolute atomic E-state index is 13.0. The lowest BCUT2D eigenvalue weighted by molar-refractivity contribution is -0.384. The molecule has 0 fully saturated rings. The second-order valence-electron chi connectivity index (χ2n) is 8.55. The number of nitrogens with two attached hydrogens (primary N) is 1. The number of nitro benzene ring substituents is 1. The molecule has 0 heterocycles. The average molecular weight is 491 g/mol. The van der Waals surface area contributed by atoms with Crippen LogP contribution in [0.5, 0.6) is 0 Å². The summed E-state index contributed by atoms with van der Waals surface area (Å²) in [5.41, 5.74) is 8.67. The average Bonchev–Trinajstić information content (AvgIpc) is 2.85. The highest BCUT2D eigenvalue weighted by Crippen LogP contribution is 2.19. The molecule has 188 valence electrons. The van der Waals surface area contributed by atoms with E-state index in [9.17, 15) is 19.7 Å². The van der Waals surface area contributed by atoms with Crippen molar-refractivity contribution in [2.45, 2.75) is 13.0 Å². The number of nitro groups is 1. The van der Waals surface area contributed by atoms with Crippen molar-refractivity contribution in [3.05, 3.63) is 94.0 Å². The van der Waals surface area contributed by atoms with Crippen LogP contribution in [0.1, 0.15) is 22.3 Å². The summed E-state index contributed by atoms with van der Waals surface area (Å²) in [6, 6.07) is 19.4. The lowest BCUT2D eigenvalue weighted by Gasteiger charge is -2.24. The third-order valence-corrected chi connectivity index (χ3v) is 5.45.